The molecule has 1 aliphatic carbocycles. The summed E-state index contributed by atoms with van der Waals surface area (Å²) in [4.78, 5) is 22.6. The second kappa shape index (κ2) is 7.07. The normalized spacial score (nSPS) is 24.2. The average molecular weight is 331 g/mol. The third-order valence-corrected chi connectivity index (χ3v) is 4.47. The Kier molecular flexibility index (Phi) is 5.32. The Balaban J connectivity index is 2.15. The molecule has 0 fully saturated rings. The number of ether oxygens (including phenoxy) is 2. The number of allylic oxidation sites excluding steroid dienone is 3. The Morgan fingerprint density at radius 1 is 1.42 bits per heavy atom. The molecule has 130 valence electrons. The van der Waals surface area contributed by atoms with E-state index in [1.807, 2.05) is 6.08 Å². The second-order valence-corrected chi connectivity index (χ2v) is 6.88. The van der Waals surface area contributed by atoms with Crippen LogP contribution >= 0.6 is 0 Å². The lowest BCUT2D eigenvalue weighted by molar-refractivity contribution is -0.298. The van der Waals surface area contributed by atoms with Crippen LogP contribution in [0.2, 0.25) is 0 Å². The van der Waals surface area contributed by atoms with Crippen LogP contribution in [-0.2, 0) is 19.1 Å². The zero-order valence-corrected chi connectivity index (χ0v) is 14.5. The highest BCUT2D eigenvalue weighted by Gasteiger charge is 2.26. The summed E-state index contributed by atoms with van der Waals surface area (Å²) in [6, 6.07) is 0. The molecule has 2 rings (SSSR count). The first-order valence-corrected chi connectivity index (χ1v) is 8.05. The molecule has 0 aromatic rings. The van der Waals surface area contributed by atoms with Gasteiger partial charge in [-0.3, -0.25) is 0 Å². The van der Waals surface area contributed by atoms with Crippen LogP contribution in [0.3, 0.4) is 0 Å². The van der Waals surface area contributed by atoms with Crippen molar-refractivity contribution < 1.29 is 24.2 Å². The van der Waals surface area contributed by atoms with E-state index in [-0.39, 0.29) is 11.0 Å². The molecule has 0 spiro atoms. The van der Waals surface area contributed by atoms with E-state index in [2.05, 4.69) is 20.8 Å². The lowest BCUT2D eigenvalue weighted by atomic mass is 9.72. The van der Waals surface area contributed by atoms with E-state index >= 15 is 0 Å². The number of rotatable bonds is 5. The number of esters is 1. The van der Waals surface area contributed by atoms with Crippen molar-refractivity contribution in [2.75, 3.05) is 0 Å². The van der Waals surface area contributed by atoms with Gasteiger partial charge in [-0.1, -0.05) is 25.5 Å². The summed E-state index contributed by atoms with van der Waals surface area (Å²) in [5.41, 5.74) is 2.75. The minimum absolute atomic E-state index is 0.0115. The quantitative estimate of drug-likeness (QED) is 0.335. The van der Waals surface area contributed by atoms with E-state index in [0.29, 0.717) is 5.57 Å². The number of hydrogen-bond donors (Lipinski definition) is 0. The van der Waals surface area contributed by atoms with Crippen molar-refractivity contribution >= 4 is 11.9 Å². The van der Waals surface area contributed by atoms with Gasteiger partial charge in [-0.2, -0.15) is 0 Å². The molecule has 5 heteroatoms. The number of carbonyl (C=O) groups excluding carboxylic acids is 2. The van der Waals surface area contributed by atoms with Gasteiger partial charge in [-0.15, -0.1) is 0 Å². The Labute approximate surface area is 142 Å². The van der Waals surface area contributed by atoms with Crippen LogP contribution in [-0.4, -0.2) is 18.2 Å². The molecule has 1 aliphatic heterocycles. The molecule has 0 amide bonds. The Bertz CT molecular complexity index is 661. The van der Waals surface area contributed by atoms with E-state index in [1.165, 1.54) is 17.7 Å². The number of aliphatic carboxylic acids is 1. The van der Waals surface area contributed by atoms with E-state index in [1.54, 1.807) is 6.92 Å². The van der Waals surface area contributed by atoms with E-state index < -0.39 is 18.2 Å². The van der Waals surface area contributed by atoms with Crippen molar-refractivity contribution in [1.82, 2.24) is 0 Å². The third kappa shape index (κ3) is 4.16. The molecule has 5 nitrogen and oxygen atoms in total. The molecule has 0 unspecified atom stereocenters. The summed E-state index contributed by atoms with van der Waals surface area (Å²) in [5, 5.41) is 11.3. The van der Waals surface area contributed by atoms with Crippen LogP contribution in [0, 0.1) is 5.41 Å². The molecular weight excluding hydrogens is 308 g/mol. The summed E-state index contributed by atoms with van der Waals surface area (Å²) < 4.78 is 10.1. The fraction of sp³-hybridized carbons (Fsp3) is 0.474. The maximum absolute atomic E-state index is 11.3. The maximum Gasteiger partial charge on any atom is 0.336 e. The van der Waals surface area contributed by atoms with Gasteiger partial charge in [0, 0.05) is 17.2 Å². The van der Waals surface area contributed by atoms with Crippen molar-refractivity contribution in [3.8, 4) is 0 Å². The summed E-state index contributed by atoms with van der Waals surface area (Å²) in [5.74, 6) is -1.81. The third-order valence-electron chi connectivity index (χ3n) is 4.47. The van der Waals surface area contributed by atoms with Gasteiger partial charge >= 0.3 is 5.97 Å². The molecule has 1 atom stereocenters. The first kappa shape index (κ1) is 18.0. The van der Waals surface area contributed by atoms with Crippen LogP contribution in [0.5, 0.6) is 0 Å². The standard InChI is InChI=1S/C19H24O5/c1-12-6-5-9-19(3,4)15(12)8-7-14(17(20)21)11-23-16-10-13(2)18(22)24-16/h7-8,10-11,16H,5-6,9H2,1-4H3,(H,20,21)/p-1/b8-7+,14-11+/t16-/m1/s1. The van der Waals surface area contributed by atoms with Gasteiger partial charge in [-0.05, 0) is 50.2 Å². The van der Waals surface area contributed by atoms with Gasteiger partial charge in [0.15, 0.2) is 0 Å². The topological polar surface area (TPSA) is 75.7 Å². The number of carboxylic acids is 1. The van der Waals surface area contributed by atoms with E-state index in [0.717, 1.165) is 31.1 Å². The molecule has 2 aliphatic rings. The molecule has 0 radical (unpaired) electrons. The Morgan fingerprint density at radius 3 is 2.67 bits per heavy atom. The van der Waals surface area contributed by atoms with Gasteiger partial charge in [0.25, 0.3) is 6.29 Å². The zero-order chi connectivity index (χ0) is 17.9. The van der Waals surface area contributed by atoms with Gasteiger partial charge in [0.2, 0.25) is 0 Å². The SMILES string of the molecule is CC1=C[C@H](O/C=C(\C=C\C2=C(C)CCCC2(C)C)C(=O)[O-])OC1=O. The van der Waals surface area contributed by atoms with E-state index in [4.69, 9.17) is 9.47 Å². The zero-order valence-electron chi connectivity index (χ0n) is 14.5. The highest BCUT2D eigenvalue weighted by atomic mass is 16.7. The first-order chi connectivity index (χ1) is 11.2. The smallest absolute Gasteiger partial charge is 0.336 e. The van der Waals surface area contributed by atoms with Crippen LogP contribution in [0.25, 0.3) is 0 Å². The van der Waals surface area contributed by atoms with Crippen molar-refractivity contribution in [2.24, 2.45) is 5.41 Å². The fourth-order valence-corrected chi connectivity index (χ4v) is 3.05. The summed E-state index contributed by atoms with van der Waals surface area (Å²) >= 11 is 0. The van der Waals surface area contributed by atoms with Crippen molar-refractivity contribution in [3.05, 3.63) is 46.8 Å². The number of carboxylic acid groups (broad SMARTS) is 1. The highest BCUT2D eigenvalue weighted by Crippen LogP contribution is 2.40. The monoisotopic (exact) mass is 331 g/mol. The van der Waals surface area contributed by atoms with E-state index in [9.17, 15) is 14.7 Å². The predicted octanol–water partition coefficient (Wildman–Crippen LogP) is 2.55. The van der Waals surface area contributed by atoms with Crippen molar-refractivity contribution in [1.29, 1.82) is 0 Å². The van der Waals surface area contributed by atoms with Crippen LogP contribution in [0.1, 0.15) is 47.0 Å². The molecule has 1 heterocycles. The van der Waals surface area contributed by atoms with Gasteiger partial charge in [-0.25, -0.2) is 4.79 Å². The highest BCUT2D eigenvalue weighted by molar-refractivity contribution is 5.90. The van der Waals surface area contributed by atoms with Crippen molar-refractivity contribution in [2.45, 2.75) is 53.2 Å². The Morgan fingerprint density at radius 2 is 2.12 bits per heavy atom. The summed E-state index contributed by atoms with van der Waals surface area (Å²) in [7, 11) is 0. The fourth-order valence-electron chi connectivity index (χ4n) is 3.05. The van der Waals surface area contributed by atoms with Crippen LogP contribution in [0.15, 0.2) is 46.8 Å². The number of carbonyl (C=O) groups is 2. The Hall–Kier alpha value is -2.30. The minimum atomic E-state index is -1.34. The van der Waals surface area contributed by atoms with Gasteiger partial charge in [0.05, 0.1) is 12.2 Å². The van der Waals surface area contributed by atoms with Crippen LogP contribution < -0.4 is 5.11 Å². The first-order valence-electron chi connectivity index (χ1n) is 8.05. The molecule has 0 saturated carbocycles. The molecule has 0 aromatic heterocycles. The minimum Gasteiger partial charge on any atom is -0.545 e. The molecule has 0 bridgehead atoms. The van der Waals surface area contributed by atoms with Crippen molar-refractivity contribution in [3.63, 3.8) is 0 Å². The lowest BCUT2D eigenvalue weighted by Gasteiger charge is -2.33. The predicted molar refractivity (Wildman–Crippen MR) is 87.3 cm³/mol. The second-order valence-electron chi connectivity index (χ2n) is 6.88. The van der Waals surface area contributed by atoms with Gasteiger partial charge in [0.1, 0.15) is 0 Å². The summed E-state index contributed by atoms with van der Waals surface area (Å²) in [6.07, 6.45) is 8.18. The maximum atomic E-state index is 11.3. The largest absolute Gasteiger partial charge is 0.545 e. The molecule has 24 heavy (non-hydrogen) atoms. The average Bonchev–Trinajstić information content (AvgIpc) is 2.79. The number of cyclic esters (lactones) is 1. The molecule has 0 aromatic carbocycles. The molecule has 0 N–H and O–H groups in total. The summed E-state index contributed by atoms with van der Waals surface area (Å²) in [6.45, 7) is 7.99. The number of hydrogen-bond acceptors (Lipinski definition) is 5. The van der Waals surface area contributed by atoms with Gasteiger partial charge < -0.3 is 19.4 Å². The molecular formula is C19H23O5-. The lowest BCUT2D eigenvalue weighted by Crippen LogP contribution is -2.24. The molecule has 0 saturated heterocycles. The van der Waals surface area contributed by atoms with Crippen LogP contribution in [0.4, 0.5) is 0 Å².